The van der Waals surface area contributed by atoms with Crippen LogP contribution in [0.15, 0.2) is 54.6 Å². The highest BCUT2D eigenvalue weighted by Crippen LogP contribution is 2.39. The molecule has 1 aliphatic rings. The average molecular weight is 547 g/mol. The van der Waals surface area contributed by atoms with Gasteiger partial charge in [-0.25, -0.2) is 0 Å². The maximum absolute atomic E-state index is 13.3. The molecular weight excluding hydrogens is 523 g/mol. The van der Waals surface area contributed by atoms with Crippen molar-refractivity contribution in [1.29, 1.82) is 0 Å². The first-order chi connectivity index (χ1) is 17.8. The zero-order valence-electron chi connectivity index (χ0n) is 20.1. The summed E-state index contributed by atoms with van der Waals surface area (Å²) in [5.41, 5.74) is 1.81. The standard InChI is InChI=1S/C26H24Cl2N2O7/c1-34-24-11-16-9-10-29(26(31)15-37-23-8-3-17(27)12-21(23)28)22(20(16)13-25(24)35-2)14-36-19-6-4-18(5-7-19)30(32)33/h3-8,11-13,22H,9-10,14-15H2,1-2H3/t22-/m1/s1. The highest BCUT2D eigenvalue weighted by atomic mass is 35.5. The smallest absolute Gasteiger partial charge is 0.269 e. The second kappa shape index (κ2) is 11.6. The van der Waals surface area contributed by atoms with Crippen molar-refractivity contribution in [3.8, 4) is 23.0 Å². The quantitative estimate of drug-likeness (QED) is 0.258. The molecule has 3 aromatic carbocycles. The van der Waals surface area contributed by atoms with Gasteiger partial charge < -0.3 is 23.8 Å². The Morgan fingerprint density at radius 2 is 1.70 bits per heavy atom. The number of fused-ring (bicyclic) bond motifs is 1. The van der Waals surface area contributed by atoms with Crippen molar-refractivity contribution in [2.45, 2.75) is 12.5 Å². The van der Waals surface area contributed by atoms with E-state index in [-0.39, 0.29) is 24.8 Å². The molecule has 0 bridgehead atoms. The highest BCUT2D eigenvalue weighted by molar-refractivity contribution is 6.35. The number of nitro groups is 1. The molecule has 1 atom stereocenters. The summed E-state index contributed by atoms with van der Waals surface area (Å²) in [6, 6.07) is 13.8. The molecule has 9 nitrogen and oxygen atoms in total. The molecule has 0 unspecified atom stereocenters. The van der Waals surface area contributed by atoms with E-state index in [4.69, 9.17) is 42.1 Å². The van der Waals surface area contributed by atoms with E-state index in [0.717, 1.165) is 11.1 Å². The number of nitrogens with zero attached hydrogens (tertiary/aromatic N) is 2. The third-order valence-electron chi connectivity index (χ3n) is 6.02. The second-order valence-electron chi connectivity index (χ2n) is 8.18. The molecule has 4 rings (SSSR count). The summed E-state index contributed by atoms with van der Waals surface area (Å²) >= 11 is 12.1. The molecule has 37 heavy (non-hydrogen) atoms. The van der Waals surface area contributed by atoms with Crippen molar-refractivity contribution in [2.75, 3.05) is 34.0 Å². The summed E-state index contributed by atoms with van der Waals surface area (Å²) in [5, 5.41) is 11.7. The van der Waals surface area contributed by atoms with Gasteiger partial charge in [-0.05, 0) is 60.0 Å². The highest BCUT2D eigenvalue weighted by Gasteiger charge is 2.33. The van der Waals surface area contributed by atoms with Crippen LogP contribution in [0.3, 0.4) is 0 Å². The van der Waals surface area contributed by atoms with Gasteiger partial charge in [0.2, 0.25) is 0 Å². The molecule has 0 saturated heterocycles. The molecule has 0 N–H and O–H groups in total. The summed E-state index contributed by atoms with van der Waals surface area (Å²) in [7, 11) is 3.11. The zero-order chi connectivity index (χ0) is 26.5. The number of carbonyl (C=O) groups is 1. The molecular formula is C26H24Cl2N2O7. The number of benzene rings is 3. The molecule has 1 heterocycles. The van der Waals surface area contributed by atoms with Crippen LogP contribution in [0.25, 0.3) is 0 Å². The first-order valence-corrected chi connectivity index (χ1v) is 12.1. The van der Waals surface area contributed by atoms with Crippen LogP contribution in [-0.4, -0.2) is 49.7 Å². The number of nitro benzene ring substituents is 1. The lowest BCUT2D eigenvalue weighted by Crippen LogP contribution is -2.44. The van der Waals surface area contributed by atoms with Gasteiger partial charge in [-0.1, -0.05) is 23.2 Å². The first kappa shape index (κ1) is 26.4. The SMILES string of the molecule is COc1cc2c(cc1OC)[C@@H](COc1ccc([N+](=O)[O-])cc1)N(C(=O)COc1ccc(Cl)cc1Cl)CC2. The van der Waals surface area contributed by atoms with E-state index in [0.29, 0.717) is 46.0 Å². The monoisotopic (exact) mass is 546 g/mol. The van der Waals surface area contributed by atoms with Gasteiger partial charge in [0, 0.05) is 23.7 Å². The lowest BCUT2D eigenvalue weighted by atomic mass is 9.92. The Morgan fingerprint density at radius 3 is 2.35 bits per heavy atom. The van der Waals surface area contributed by atoms with Crippen LogP contribution in [0.4, 0.5) is 5.69 Å². The lowest BCUT2D eigenvalue weighted by molar-refractivity contribution is -0.384. The van der Waals surface area contributed by atoms with Gasteiger partial charge in [0.05, 0.1) is 30.2 Å². The molecule has 1 aliphatic heterocycles. The molecule has 0 radical (unpaired) electrons. The van der Waals surface area contributed by atoms with E-state index in [1.807, 2.05) is 12.1 Å². The Kier molecular flexibility index (Phi) is 8.25. The Bertz CT molecular complexity index is 1300. The van der Waals surface area contributed by atoms with Crippen molar-refractivity contribution in [1.82, 2.24) is 4.90 Å². The summed E-state index contributed by atoms with van der Waals surface area (Å²) < 4.78 is 22.6. The minimum Gasteiger partial charge on any atom is -0.493 e. The normalized spacial score (nSPS) is 14.5. The van der Waals surface area contributed by atoms with Gasteiger partial charge in [0.15, 0.2) is 18.1 Å². The zero-order valence-corrected chi connectivity index (χ0v) is 21.6. The fourth-order valence-electron chi connectivity index (χ4n) is 4.16. The third-order valence-corrected chi connectivity index (χ3v) is 6.55. The number of non-ortho nitro benzene ring substituents is 1. The van der Waals surface area contributed by atoms with Crippen molar-refractivity contribution in [3.63, 3.8) is 0 Å². The Balaban J connectivity index is 1.58. The number of methoxy groups -OCH3 is 2. The molecule has 0 aromatic heterocycles. The average Bonchev–Trinajstić information content (AvgIpc) is 2.90. The number of rotatable bonds is 9. The third kappa shape index (κ3) is 6.00. The predicted molar refractivity (Wildman–Crippen MR) is 138 cm³/mol. The molecule has 0 aliphatic carbocycles. The van der Waals surface area contributed by atoms with E-state index >= 15 is 0 Å². The molecule has 3 aromatic rings. The summed E-state index contributed by atoms with van der Waals surface area (Å²) in [6.45, 7) is 0.291. The van der Waals surface area contributed by atoms with E-state index < -0.39 is 11.0 Å². The largest absolute Gasteiger partial charge is 0.493 e. The number of hydrogen-bond donors (Lipinski definition) is 0. The minimum atomic E-state index is -0.478. The van der Waals surface area contributed by atoms with Crippen molar-refractivity contribution >= 4 is 34.8 Å². The molecule has 194 valence electrons. The fraction of sp³-hybridized carbons (Fsp3) is 0.269. The number of halogens is 2. The van der Waals surface area contributed by atoms with E-state index in [1.165, 1.54) is 24.3 Å². The van der Waals surface area contributed by atoms with Gasteiger partial charge in [-0.2, -0.15) is 0 Å². The molecule has 11 heteroatoms. The van der Waals surface area contributed by atoms with Crippen LogP contribution in [0.2, 0.25) is 10.0 Å². The number of ether oxygens (including phenoxy) is 4. The second-order valence-corrected chi connectivity index (χ2v) is 9.03. The van der Waals surface area contributed by atoms with E-state index in [1.54, 1.807) is 37.3 Å². The van der Waals surface area contributed by atoms with E-state index in [2.05, 4.69) is 0 Å². The fourth-order valence-corrected chi connectivity index (χ4v) is 4.62. The van der Waals surface area contributed by atoms with Crippen molar-refractivity contribution in [3.05, 3.63) is 85.9 Å². The minimum absolute atomic E-state index is 0.0398. The van der Waals surface area contributed by atoms with Gasteiger partial charge in [0.1, 0.15) is 18.1 Å². The van der Waals surface area contributed by atoms with E-state index in [9.17, 15) is 14.9 Å². The summed E-state index contributed by atoms with van der Waals surface area (Å²) in [4.78, 5) is 25.5. The van der Waals surface area contributed by atoms with Crippen LogP contribution in [-0.2, 0) is 11.2 Å². The summed E-state index contributed by atoms with van der Waals surface area (Å²) in [6.07, 6.45) is 0.594. The predicted octanol–water partition coefficient (Wildman–Crippen LogP) is 5.50. The number of carbonyl (C=O) groups excluding carboxylic acids is 1. The molecule has 0 spiro atoms. The van der Waals surface area contributed by atoms with Gasteiger partial charge in [0.25, 0.3) is 11.6 Å². The van der Waals surface area contributed by atoms with Crippen LogP contribution >= 0.6 is 23.2 Å². The van der Waals surface area contributed by atoms with Crippen molar-refractivity contribution < 1.29 is 28.7 Å². The Morgan fingerprint density at radius 1 is 1.00 bits per heavy atom. The van der Waals surface area contributed by atoms with Gasteiger partial charge >= 0.3 is 0 Å². The van der Waals surface area contributed by atoms with Gasteiger partial charge in [-0.3, -0.25) is 14.9 Å². The van der Waals surface area contributed by atoms with Crippen LogP contribution in [0.1, 0.15) is 17.2 Å². The maximum atomic E-state index is 13.3. The lowest BCUT2D eigenvalue weighted by Gasteiger charge is -2.37. The van der Waals surface area contributed by atoms with Crippen LogP contribution in [0.5, 0.6) is 23.0 Å². The van der Waals surface area contributed by atoms with Crippen LogP contribution in [0, 0.1) is 10.1 Å². The van der Waals surface area contributed by atoms with Crippen LogP contribution < -0.4 is 18.9 Å². The van der Waals surface area contributed by atoms with Gasteiger partial charge in [-0.15, -0.1) is 0 Å². The molecule has 1 amide bonds. The number of amides is 1. The summed E-state index contributed by atoms with van der Waals surface area (Å²) in [5.74, 6) is 1.65. The molecule has 0 fully saturated rings. The molecule has 0 saturated carbocycles. The Labute approximate surface area is 223 Å². The maximum Gasteiger partial charge on any atom is 0.269 e. The topological polar surface area (TPSA) is 100 Å². The van der Waals surface area contributed by atoms with Crippen molar-refractivity contribution in [2.24, 2.45) is 0 Å². The first-order valence-electron chi connectivity index (χ1n) is 11.3. The Hall–Kier alpha value is -3.69. The number of hydrogen-bond acceptors (Lipinski definition) is 7.